The Labute approximate surface area is 101 Å². The molecule has 0 saturated heterocycles. The first kappa shape index (κ1) is 13.1. The highest BCUT2D eigenvalue weighted by Crippen LogP contribution is 2.20. The summed E-state index contributed by atoms with van der Waals surface area (Å²) in [5, 5.41) is 10.2. The number of aromatic nitrogens is 1. The van der Waals surface area contributed by atoms with Gasteiger partial charge in [0, 0.05) is 24.8 Å². The van der Waals surface area contributed by atoms with E-state index in [0.29, 0.717) is 23.2 Å². The van der Waals surface area contributed by atoms with Crippen molar-refractivity contribution in [2.24, 2.45) is 0 Å². The molecule has 0 bridgehead atoms. The fourth-order valence-corrected chi connectivity index (χ4v) is 1.70. The number of nitrogen functional groups attached to an aromatic ring is 1. The van der Waals surface area contributed by atoms with Crippen LogP contribution in [0.2, 0.25) is 5.15 Å². The summed E-state index contributed by atoms with van der Waals surface area (Å²) in [4.78, 5) is 6.12. The smallest absolute Gasteiger partial charge is 0.133 e. The highest BCUT2D eigenvalue weighted by molar-refractivity contribution is 6.29. The average Bonchev–Trinajstić information content (AvgIpc) is 2.11. The summed E-state index contributed by atoms with van der Waals surface area (Å²) in [7, 11) is 0. The number of aliphatic hydroxyl groups is 1. The monoisotopic (exact) mass is 243 g/mol. The lowest BCUT2D eigenvalue weighted by atomic mass is 10.1. The molecule has 1 rings (SSSR count). The minimum Gasteiger partial charge on any atom is -0.399 e. The third-order valence-corrected chi connectivity index (χ3v) is 2.28. The Hall–Kier alpha value is -1.00. The summed E-state index contributed by atoms with van der Waals surface area (Å²) < 4.78 is 0. The van der Waals surface area contributed by atoms with Gasteiger partial charge in [-0.1, -0.05) is 11.6 Å². The molecule has 16 heavy (non-hydrogen) atoms. The Morgan fingerprint density at radius 2 is 2.12 bits per heavy atom. The quantitative estimate of drug-likeness (QED) is 0.794. The van der Waals surface area contributed by atoms with E-state index >= 15 is 0 Å². The standard InChI is InChI=1S/C11H18ClN3O/c1-4-15(7-11(2,3)16)10-6-8(13)5-9(12)14-10/h5-6,16H,4,7H2,1-3H3,(H2,13,14). The molecule has 0 fully saturated rings. The fraction of sp³-hybridized carbons (Fsp3) is 0.545. The van der Waals surface area contributed by atoms with Crippen LogP contribution < -0.4 is 10.6 Å². The molecule has 3 N–H and O–H groups in total. The number of halogens is 1. The van der Waals surface area contributed by atoms with Gasteiger partial charge in [0.15, 0.2) is 0 Å². The first-order valence-corrected chi connectivity index (χ1v) is 5.60. The predicted octanol–water partition coefficient (Wildman–Crippen LogP) is 1.91. The lowest BCUT2D eigenvalue weighted by Crippen LogP contribution is -2.39. The summed E-state index contributed by atoms with van der Waals surface area (Å²) in [5.74, 6) is 0.689. The third-order valence-electron chi connectivity index (χ3n) is 2.09. The van der Waals surface area contributed by atoms with Crippen LogP contribution in [-0.2, 0) is 0 Å². The van der Waals surface area contributed by atoms with E-state index in [1.807, 2.05) is 11.8 Å². The molecule has 0 aliphatic rings. The summed E-state index contributed by atoms with van der Waals surface area (Å²) in [6.07, 6.45) is 0. The van der Waals surface area contributed by atoms with Gasteiger partial charge in [-0.25, -0.2) is 4.98 Å². The Morgan fingerprint density at radius 1 is 1.50 bits per heavy atom. The van der Waals surface area contributed by atoms with Crippen molar-refractivity contribution in [3.05, 3.63) is 17.3 Å². The Balaban J connectivity index is 2.95. The number of nitrogens with zero attached hydrogens (tertiary/aromatic N) is 2. The van der Waals surface area contributed by atoms with Crippen molar-refractivity contribution >= 4 is 23.1 Å². The number of likely N-dealkylation sites (N-methyl/N-ethyl adjacent to an activating group) is 1. The van der Waals surface area contributed by atoms with Crippen LogP contribution in [0.3, 0.4) is 0 Å². The number of hydrogen-bond acceptors (Lipinski definition) is 4. The van der Waals surface area contributed by atoms with Crippen LogP contribution in [0.4, 0.5) is 11.5 Å². The number of anilines is 2. The summed E-state index contributed by atoms with van der Waals surface area (Å²) in [6, 6.07) is 3.35. The Bertz CT molecular complexity index is 342. The zero-order valence-electron chi connectivity index (χ0n) is 9.87. The molecule has 0 aromatic carbocycles. The van der Waals surface area contributed by atoms with E-state index in [4.69, 9.17) is 17.3 Å². The van der Waals surface area contributed by atoms with Gasteiger partial charge in [0.05, 0.1) is 5.60 Å². The van der Waals surface area contributed by atoms with E-state index in [0.717, 1.165) is 6.54 Å². The molecule has 0 aliphatic heterocycles. The fourth-order valence-electron chi connectivity index (χ4n) is 1.49. The molecule has 4 nitrogen and oxygen atoms in total. The van der Waals surface area contributed by atoms with Crippen LogP contribution in [-0.4, -0.2) is 28.8 Å². The second-order valence-corrected chi connectivity index (χ2v) is 4.80. The minimum atomic E-state index is -0.783. The summed E-state index contributed by atoms with van der Waals surface area (Å²) >= 11 is 5.84. The maximum atomic E-state index is 9.79. The van der Waals surface area contributed by atoms with Gasteiger partial charge in [-0.15, -0.1) is 0 Å². The van der Waals surface area contributed by atoms with Crippen molar-refractivity contribution in [1.29, 1.82) is 0 Å². The van der Waals surface area contributed by atoms with Crippen molar-refractivity contribution in [3.8, 4) is 0 Å². The zero-order chi connectivity index (χ0) is 12.3. The van der Waals surface area contributed by atoms with Gasteiger partial charge in [-0.3, -0.25) is 0 Å². The number of pyridine rings is 1. The minimum absolute atomic E-state index is 0.365. The molecule has 0 spiro atoms. The lowest BCUT2D eigenvalue weighted by Gasteiger charge is -2.29. The van der Waals surface area contributed by atoms with Crippen molar-refractivity contribution in [3.63, 3.8) is 0 Å². The molecule has 0 aliphatic carbocycles. The number of nitrogens with two attached hydrogens (primary N) is 1. The van der Waals surface area contributed by atoms with Gasteiger partial charge in [0.2, 0.25) is 0 Å². The van der Waals surface area contributed by atoms with Crippen LogP contribution in [0, 0.1) is 0 Å². The molecular weight excluding hydrogens is 226 g/mol. The Kier molecular flexibility index (Phi) is 3.99. The zero-order valence-corrected chi connectivity index (χ0v) is 10.6. The third kappa shape index (κ3) is 3.87. The second-order valence-electron chi connectivity index (χ2n) is 4.41. The lowest BCUT2D eigenvalue weighted by molar-refractivity contribution is 0.0874. The van der Waals surface area contributed by atoms with Gasteiger partial charge in [0.1, 0.15) is 11.0 Å². The van der Waals surface area contributed by atoms with Gasteiger partial charge < -0.3 is 15.7 Å². The second kappa shape index (κ2) is 4.89. The van der Waals surface area contributed by atoms with Crippen LogP contribution >= 0.6 is 11.6 Å². The van der Waals surface area contributed by atoms with E-state index in [1.165, 1.54) is 0 Å². The SMILES string of the molecule is CCN(CC(C)(C)O)c1cc(N)cc(Cl)n1. The predicted molar refractivity (Wildman–Crippen MR) is 67.8 cm³/mol. The van der Waals surface area contributed by atoms with Crippen molar-refractivity contribution in [2.75, 3.05) is 23.7 Å². The van der Waals surface area contributed by atoms with Crippen LogP contribution in [0.5, 0.6) is 0 Å². The average molecular weight is 244 g/mol. The molecule has 90 valence electrons. The number of hydrogen-bond donors (Lipinski definition) is 2. The van der Waals surface area contributed by atoms with E-state index in [2.05, 4.69) is 4.98 Å². The molecule has 1 aromatic heterocycles. The van der Waals surface area contributed by atoms with E-state index < -0.39 is 5.60 Å². The van der Waals surface area contributed by atoms with Crippen LogP contribution in [0.15, 0.2) is 12.1 Å². The molecule has 1 heterocycles. The molecular formula is C11H18ClN3O. The topological polar surface area (TPSA) is 62.4 Å². The normalized spacial score (nSPS) is 11.6. The molecule has 0 radical (unpaired) electrons. The van der Waals surface area contributed by atoms with Crippen molar-refractivity contribution in [1.82, 2.24) is 4.98 Å². The molecule has 1 aromatic rings. The largest absolute Gasteiger partial charge is 0.399 e. The van der Waals surface area contributed by atoms with Gasteiger partial charge in [-0.05, 0) is 26.8 Å². The van der Waals surface area contributed by atoms with Crippen molar-refractivity contribution < 1.29 is 5.11 Å². The molecule has 0 saturated carbocycles. The highest BCUT2D eigenvalue weighted by Gasteiger charge is 2.18. The molecule has 0 unspecified atom stereocenters. The van der Waals surface area contributed by atoms with Gasteiger partial charge in [0.25, 0.3) is 0 Å². The van der Waals surface area contributed by atoms with Crippen LogP contribution in [0.1, 0.15) is 20.8 Å². The highest BCUT2D eigenvalue weighted by atomic mass is 35.5. The Morgan fingerprint density at radius 3 is 2.56 bits per heavy atom. The first-order valence-electron chi connectivity index (χ1n) is 5.22. The molecule has 5 heteroatoms. The maximum absolute atomic E-state index is 9.79. The van der Waals surface area contributed by atoms with Gasteiger partial charge in [-0.2, -0.15) is 0 Å². The summed E-state index contributed by atoms with van der Waals surface area (Å²) in [5.41, 5.74) is 5.49. The van der Waals surface area contributed by atoms with E-state index in [1.54, 1.807) is 26.0 Å². The summed E-state index contributed by atoms with van der Waals surface area (Å²) in [6.45, 7) is 6.71. The molecule has 0 amide bonds. The number of rotatable bonds is 4. The first-order chi connectivity index (χ1) is 7.31. The van der Waals surface area contributed by atoms with Crippen LogP contribution in [0.25, 0.3) is 0 Å². The molecule has 0 atom stereocenters. The maximum Gasteiger partial charge on any atom is 0.133 e. The van der Waals surface area contributed by atoms with E-state index in [9.17, 15) is 5.11 Å². The van der Waals surface area contributed by atoms with Crippen molar-refractivity contribution in [2.45, 2.75) is 26.4 Å². The van der Waals surface area contributed by atoms with E-state index in [-0.39, 0.29) is 0 Å². The van der Waals surface area contributed by atoms with Gasteiger partial charge >= 0.3 is 0 Å².